The Balaban J connectivity index is 1.46. The van der Waals surface area contributed by atoms with E-state index in [9.17, 15) is 4.79 Å². The summed E-state index contributed by atoms with van der Waals surface area (Å²) in [6.45, 7) is 19.5. The van der Waals surface area contributed by atoms with Gasteiger partial charge in [-0.15, -0.1) is 0 Å². The number of ketones is 1. The number of hydrogen-bond acceptors (Lipinski definition) is 5. The first-order valence-electron chi connectivity index (χ1n) is 14.1. The standard InChI is InChI=1S/C32H42BrNO5Si/c1-30(2,3)29(39-40(9)10)27-24(37-32(6,7)38-27)17-36-19-12-14-20-22(16-19)31(4,5)28-25(26(20)35)21-13-11-18(33)15-23(21)34(28)8/h11-16,24,27,29,40H,17H2,1-10H3/t24-,27?,29?/m1/s1. The lowest BCUT2D eigenvalue weighted by atomic mass is 9.71. The van der Waals surface area contributed by atoms with E-state index in [0.717, 1.165) is 37.8 Å². The molecule has 2 aliphatic rings. The molecule has 40 heavy (non-hydrogen) atoms. The molecular weight excluding hydrogens is 586 g/mol. The van der Waals surface area contributed by atoms with E-state index in [2.05, 4.69) is 74.3 Å². The molecule has 0 saturated carbocycles. The van der Waals surface area contributed by atoms with Gasteiger partial charge in [-0.3, -0.25) is 4.79 Å². The molecule has 2 aromatic carbocycles. The van der Waals surface area contributed by atoms with Crippen molar-refractivity contribution in [3.63, 3.8) is 0 Å². The molecule has 2 unspecified atom stereocenters. The monoisotopic (exact) mass is 627 g/mol. The summed E-state index contributed by atoms with van der Waals surface area (Å²) in [6.07, 6.45) is -0.654. The van der Waals surface area contributed by atoms with Gasteiger partial charge in [-0.25, -0.2) is 0 Å². The minimum absolute atomic E-state index is 0.0566. The van der Waals surface area contributed by atoms with E-state index in [1.807, 2.05) is 51.2 Å². The highest BCUT2D eigenvalue weighted by Gasteiger charge is 2.49. The van der Waals surface area contributed by atoms with Gasteiger partial charge in [-0.2, -0.15) is 0 Å². The van der Waals surface area contributed by atoms with Gasteiger partial charge in [0.2, 0.25) is 0 Å². The van der Waals surface area contributed by atoms with Crippen LogP contribution in [0, 0.1) is 5.41 Å². The Kier molecular flexibility index (Phi) is 7.44. The number of aryl methyl sites for hydroxylation is 1. The number of hydrogen-bond donors (Lipinski definition) is 0. The van der Waals surface area contributed by atoms with Gasteiger partial charge < -0.3 is 23.2 Å². The molecular formula is C32H42BrNO5Si. The van der Waals surface area contributed by atoms with Crippen molar-refractivity contribution in [2.24, 2.45) is 12.5 Å². The predicted octanol–water partition coefficient (Wildman–Crippen LogP) is 7.12. The molecule has 0 spiro atoms. The van der Waals surface area contributed by atoms with Crippen molar-refractivity contribution in [2.75, 3.05) is 6.61 Å². The lowest BCUT2D eigenvalue weighted by Gasteiger charge is -2.38. The van der Waals surface area contributed by atoms with Gasteiger partial charge in [0.15, 0.2) is 20.6 Å². The minimum Gasteiger partial charge on any atom is -0.491 e. The second-order valence-corrected chi connectivity index (χ2v) is 16.8. The zero-order valence-electron chi connectivity index (χ0n) is 25.3. The molecule has 1 aliphatic heterocycles. The van der Waals surface area contributed by atoms with Crippen molar-refractivity contribution >= 4 is 41.7 Å². The molecule has 2 heterocycles. The Bertz CT molecular complexity index is 1470. The number of fused-ring (bicyclic) bond motifs is 4. The maximum atomic E-state index is 13.8. The minimum atomic E-state index is -1.33. The number of aromatic nitrogens is 1. The van der Waals surface area contributed by atoms with Gasteiger partial charge >= 0.3 is 0 Å². The van der Waals surface area contributed by atoms with Crippen molar-refractivity contribution in [3.8, 4) is 5.75 Å². The molecule has 216 valence electrons. The van der Waals surface area contributed by atoms with Gasteiger partial charge in [-0.05, 0) is 68.3 Å². The molecule has 1 saturated heterocycles. The summed E-state index contributed by atoms with van der Waals surface area (Å²) < 4.78 is 28.8. The first-order chi connectivity index (χ1) is 18.5. The Morgan fingerprint density at radius 2 is 1.77 bits per heavy atom. The van der Waals surface area contributed by atoms with Crippen LogP contribution in [0.4, 0.5) is 0 Å². The maximum Gasteiger partial charge on any atom is 0.195 e. The maximum absolute atomic E-state index is 13.8. The van der Waals surface area contributed by atoms with Crippen LogP contribution in [0.25, 0.3) is 10.9 Å². The number of halogens is 1. The van der Waals surface area contributed by atoms with Crippen LogP contribution in [0.5, 0.6) is 5.75 Å². The van der Waals surface area contributed by atoms with E-state index in [4.69, 9.17) is 18.6 Å². The zero-order chi connectivity index (χ0) is 29.4. The summed E-state index contributed by atoms with van der Waals surface area (Å²) in [5.74, 6) is 0.0399. The Morgan fingerprint density at radius 3 is 2.42 bits per heavy atom. The molecule has 1 fully saturated rings. The van der Waals surface area contributed by atoms with E-state index in [1.54, 1.807) is 0 Å². The number of nitrogens with zero attached hydrogens (tertiary/aromatic N) is 1. The zero-order valence-corrected chi connectivity index (χ0v) is 28.1. The fraction of sp³-hybridized carbons (Fsp3) is 0.531. The van der Waals surface area contributed by atoms with Crippen molar-refractivity contribution in [2.45, 2.75) is 91.1 Å². The highest BCUT2D eigenvalue weighted by molar-refractivity contribution is 9.10. The molecule has 3 atom stereocenters. The van der Waals surface area contributed by atoms with Gasteiger partial charge in [0.1, 0.15) is 24.6 Å². The molecule has 0 bridgehead atoms. The highest BCUT2D eigenvalue weighted by Crippen LogP contribution is 2.46. The van der Waals surface area contributed by atoms with Crippen LogP contribution in [0.15, 0.2) is 40.9 Å². The van der Waals surface area contributed by atoms with Crippen molar-refractivity contribution in [1.29, 1.82) is 0 Å². The highest BCUT2D eigenvalue weighted by atomic mass is 79.9. The molecule has 1 aromatic heterocycles. The van der Waals surface area contributed by atoms with Crippen LogP contribution in [0.3, 0.4) is 0 Å². The van der Waals surface area contributed by atoms with Crippen molar-refractivity contribution in [1.82, 2.24) is 4.57 Å². The van der Waals surface area contributed by atoms with Crippen LogP contribution in [0.2, 0.25) is 13.1 Å². The third-order valence-corrected chi connectivity index (χ3v) is 9.43. The molecule has 0 amide bonds. The summed E-state index contributed by atoms with van der Waals surface area (Å²) in [7, 11) is 0.715. The van der Waals surface area contributed by atoms with E-state index >= 15 is 0 Å². The van der Waals surface area contributed by atoms with E-state index < -0.39 is 20.2 Å². The number of ether oxygens (including phenoxy) is 3. The molecule has 3 aromatic rings. The number of rotatable bonds is 6. The van der Waals surface area contributed by atoms with E-state index in [1.165, 1.54) is 0 Å². The molecule has 8 heteroatoms. The third-order valence-electron chi connectivity index (χ3n) is 8.10. The smallest absolute Gasteiger partial charge is 0.195 e. The summed E-state index contributed by atoms with van der Waals surface area (Å²) in [5, 5.41) is 0.983. The summed E-state index contributed by atoms with van der Waals surface area (Å²) in [5.41, 5.74) is 4.02. The first-order valence-corrected chi connectivity index (χ1v) is 17.7. The lowest BCUT2D eigenvalue weighted by molar-refractivity contribution is -0.160. The Labute approximate surface area is 248 Å². The quantitative estimate of drug-likeness (QED) is 0.272. The van der Waals surface area contributed by atoms with Gasteiger partial charge in [-0.1, -0.05) is 56.6 Å². The second kappa shape index (κ2) is 10.1. The Morgan fingerprint density at radius 1 is 1.07 bits per heavy atom. The van der Waals surface area contributed by atoms with Gasteiger partial charge in [0, 0.05) is 39.1 Å². The lowest BCUT2D eigenvalue weighted by Crippen LogP contribution is -2.48. The fourth-order valence-corrected chi connectivity index (χ4v) is 7.95. The number of benzene rings is 2. The Hall–Kier alpha value is -1.97. The average Bonchev–Trinajstić information content (AvgIpc) is 3.32. The van der Waals surface area contributed by atoms with E-state index in [0.29, 0.717) is 12.4 Å². The van der Waals surface area contributed by atoms with E-state index in [-0.39, 0.29) is 29.5 Å². The largest absolute Gasteiger partial charge is 0.491 e. The van der Waals surface area contributed by atoms with Crippen molar-refractivity contribution < 1.29 is 23.4 Å². The van der Waals surface area contributed by atoms with Crippen LogP contribution < -0.4 is 4.74 Å². The van der Waals surface area contributed by atoms with Gasteiger partial charge in [0.25, 0.3) is 0 Å². The molecule has 5 rings (SSSR count). The average molecular weight is 629 g/mol. The molecule has 0 N–H and O–H groups in total. The predicted molar refractivity (Wildman–Crippen MR) is 165 cm³/mol. The first kappa shape index (κ1) is 29.5. The van der Waals surface area contributed by atoms with Crippen LogP contribution in [0.1, 0.15) is 75.6 Å². The normalized spacial score (nSPS) is 22.4. The topological polar surface area (TPSA) is 58.9 Å². The van der Waals surface area contributed by atoms with Crippen LogP contribution in [-0.4, -0.2) is 50.1 Å². The molecule has 0 radical (unpaired) electrons. The number of carbonyl (C=O) groups excluding carboxylic acids is 1. The summed E-state index contributed by atoms with van der Waals surface area (Å²) >= 11 is 3.59. The summed E-state index contributed by atoms with van der Waals surface area (Å²) in [6, 6.07) is 11.9. The van der Waals surface area contributed by atoms with Crippen LogP contribution in [-0.2, 0) is 26.4 Å². The van der Waals surface area contributed by atoms with Crippen molar-refractivity contribution in [3.05, 3.63) is 63.3 Å². The molecule has 6 nitrogen and oxygen atoms in total. The molecule has 1 aliphatic carbocycles. The summed E-state index contributed by atoms with van der Waals surface area (Å²) in [4.78, 5) is 13.8. The van der Waals surface area contributed by atoms with Gasteiger partial charge in [0.05, 0.1) is 11.7 Å². The van der Waals surface area contributed by atoms with Crippen LogP contribution >= 0.6 is 15.9 Å². The number of carbonyl (C=O) groups is 1. The third kappa shape index (κ3) is 5.11. The SMILES string of the molecule is Cn1c2c(c3ccc(Br)cc31)C(=O)c1ccc(OC[C@H]3OC(C)(C)OC3C(O[SiH](C)C)C(C)(C)C)cc1C2(C)C. The fourth-order valence-electron chi connectivity index (χ4n) is 6.46. The second-order valence-electron chi connectivity index (χ2n) is 13.5.